The second kappa shape index (κ2) is 8.73. The summed E-state index contributed by atoms with van der Waals surface area (Å²) in [7, 11) is -3.28. The van der Waals surface area contributed by atoms with Gasteiger partial charge in [0.1, 0.15) is 18.0 Å². The molecule has 2 rings (SSSR count). The molecule has 1 fully saturated rings. The molecule has 25 heavy (non-hydrogen) atoms. The van der Waals surface area contributed by atoms with Gasteiger partial charge in [-0.15, -0.1) is 11.8 Å². The number of thioether (sulfide) groups is 1. The second-order valence-electron chi connectivity index (χ2n) is 5.20. The van der Waals surface area contributed by atoms with Gasteiger partial charge in [-0.2, -0.15) is 0 Å². The maximum Gasteiger partial charge on any atom is 1.00 e. The average molecular weight is 402 g/mol. The fourth-order valence-corrected chi connectivity index (χ4v) is 3.97. The van der Waals surface area contributed by atoms with Crippen molar-refractivity contribution in [1.82, 2.24) is 10.2 Å². The number of amides is 2. The molecule has 2 atom stereocenters. The first-order valence-corrected chi connectivity index (χ1v) is 9.86. The molecule has 0 bridgehead atoms. The van der Waals surface area contributed by atoms with Crippen LogP contribution in [0.4, 0.5) is 4.79 Å². The van der Waals surface area contributed by atoms with Gasteiger partial charge in [0.05, 0.1) is 24.0 Å². The molecule has 0 aliphatic carbocycles. The van der Waals surface area contributed by atoms with Crippen molar-refractivity contribution >= 4 is 39.6 Å². The SMILES string of the molecule is CS(=O)(=O)CCOC(=O)N[C@@H]1C(=O)N2C(C(=O)[O-])=C(CO)CS[C@@H]12.[Na+]. The molecule has 2 amide bonds. The number of hydrogen-bond donors (Lipinski definition) is 2. The van der Waals surface area contributed by atoms with Crippen LogP contribution in [-0.4, -0.2) is 78.8 Å². The normalized spacial score (nSPS) is 22.5. The molecular weight excluding hydrogens is 387 g/mol. The maximum absolute atomic E-state index is 12.1. The van der Waals surface area contributed by atoms with Crippen molar-refractivity contribution < 1.29 is 67.3 Å². The number of rotatable bonds is 6. The molecule has 2 heterocycles. The molecule has 134 valence electrons. The van der Waals surface area contributed by atoms with Crippen LogP contribution in [0.25, 0.3) is 0 Å². The summed E-state index contributed by atoms with van der Waals surface area (Å²) in [4.78, 5) is 35.8. The third-order valence-corrected chi connectivity index (χ3v) is 5.64. The fourth-order valence-electron chi connectivity index (χ4n) is 2.25. The number of aliphatic hydroxyl groups excluding tert-OH is 1. The summed E-state index contributed by atoms with van der Waals surface area (Å²) in [5, 5.41) is 22.0. The Balaban J connectivity index is 0.00000312. The smallest absolute Gasteiger partial charge is 0.543 e. The van der Waals surface area contributed by atoms with Crippen LogP contribution in [0.3, 0.4) is 0 Å². The van der Waals surface area contributed by atoms with Gasteiger partial charge < -0.3 is 25.1 Å². The van der Waals surface area contributed by atoms with Crippen LogP contribution in [-0.2, 0) is 24.2 Å². The van der Waals surface area contributed by atoms with Crippen LogP contribution in [0, 0.1) is 0 Å². The predicted molar refractivity (Wildman–Crippen MR) is 80.2 cm³/mol. The number of aliphatic carboxylic acids is 1. The number of carbonyl (C=O) groups excluding carboxylic acids is 3. The van der Waals surface area contributed by atoms with Crippen LogP contribution in [0.5, 0.6) is 0 Å². The molecule has 13 heteroatoms. The zero-order valence-corrected chi connectivity index (χ0v) is 17.2. The molecule has 0 aromatic carbocycles. The van der Waals surface area contributed by atoms with E-state index in [9.17, 15) is 27.9 Å². The zero-order chi connectivity index (χ0) is 18.1. The van der Waals surface area contributed by atoms with Crippen LogP contribution in [0.15, 0.2) is 11.3 Å². The third kappa shape index (κ3) is 5.11. The van der Waals surface area contributed by atoms with E-state index >= 15 is 0 Å². The number of nitrogens with one attached hydrogen (secondary N) is 1. The van der Waals surface area contributed by atoms with E-state index in [4.69, 9.17) is 5.11 Å². The molecule has 1 saturated heterocycles. The Morgan fingerprint density at radius 3 is 2.64 bits per heavy atom. The quantitative estimate of drug-likeness (QED) is 0.326. The number of alkyl carbamates (subject to hydrolysis) is 1. The van der Waals surface area contributed by atoms with E-state index in [0.717, 1.165) is 11.2 Å². The van der Waals surface area contributed by atoms with Crippen molar-refractivity contribution in [2.45, 2.75) is 11.4 Å². The number of sulfone groups is 1. The number of carboxylic acid groups (broad SMARTS) is 1. The van der Waals surface area contributed by atoms with Gasteiger partial charge in [0.15, 0.2) is 9.84 Å². The number of ether oxygens (including phenoxy) is 1. The fraction of sp³-hybridized carbons (Fsp3) is 0.583. The monoisotopic (exact) mass is 402 g/mol. The van der Waals surface area contributed by atoms with E-state index in [1.165, 1.54) is 11.8 Å². The molecule has 2 aliphatic heterocycles. The van der Waals surface area contributed by atoms with Crippen LogP contribution >= 0.6 is 11.8 Å². The molecule has 0 aromatic rings. The summed E-state index contributed by atoms with van der Waals surface area (Å²) in [5.41, 5.74) is -0.214. The van der Waals surface area contributed by atoms with Crippen molar-refractivity contribution in [2.75, 3.05) is 31.0 Å². The van der Waals surface area contributed by atoms with Gasteiger partial charge >= 0.3 is 35.7 Å². The first-order chi connectivity index (χ1) is 11.2. The Bertz CT molecular complexity index is 708. The Morgan fingerprint density at radius 1 is 1.48 bits per heavy atom. The van der Waals surface area contributed by atoms with Gasteiger partial charge in [0, 0.05) is 12.0 Å². The van der Waals surface area contributed by atoms with Crippen molar-refractivity contribution in [3.8, 4) is 0 Å². The molecule has 0 unspecified atom stereocenters. The van der Waals surface area contributed by atoms with E-state index in [1.54, 1.807) is 0 Å². The number of carboxylic acids is 1. The molecule has 0 aromatic heterocycles. The Labute approximate surface area is 170 Å². The third-order valence-electron chi connectivity index (χ3n) is 3.39. The Hall–Kier alpha value is -0.790. The summed E-state index contributed by atoms with van der Waals surface area (Å²) in [5.74, 6) is -2.42. The minimum Gasteiger partial charge on any atom is -0.543 e. The van der Waals surface area contributed by atoms with E-state index < -0.39 is 45.8 Å². The molecule has 0 radical (unpaired) electrons. The van der Waals surface area contributed by atoms with Crippen LogP contribution < -0.4 is 40.0 Å². The topological polar surface area (TPSA) is 153 Å². The van der Waals surface area contributed by atoms with E-state index in [0.29, 0.717) is 0 Å². The second-order valence-corrected chi connectivity index (χ2v) is 8.56. The molecule has 10 nitrogen and oxygen atoms in total. The van der Waals surface area contributed by atoms with Crippen LogP contribution in [0.1, 0.15) is 0 Å². The number of fused-ring (bicyclic) bond motifs is 1. The number of β-lactam (4-membered cyclic amide) rings is 1. The van der Waals surface area contributed by atoms with Gasteiger partial charge in [-0.25, -0.2) is 13.2 Å². The Morgan fingerprint density at radius 2 is 2.12 bits per heavy atom. The number of hydrogen-bond acceptors (Lipinski definition) is 9. The molecular formula is C12H15N2NaO8S2. The Kier molecular flexibility index (Phi) is 7.77. The van der Waals surface area contributed by atoms with Crippen molar-refractivity contribution in [1.29, 1.82) is 0 Å². The largest absolute Gasteiger partial charge is 1.00 e. The minimum absolute atomic E-state index is 0. The van der Waals surface area contributed by atoms with E-state index in [2.05, 4.69) is 10.1 Å². The van der Waals surface area contributed by atoms with E-state index in [-0.39, 0.29) is 58.9 Å². The minimum atomic E-state index is -3.28. The summed E-state index contributed by atoms with van der Waals surface area (Å²) in [6, 6.07) is -0.990. The van der Waals surface area contributed by atoms with Gasteiger partial charge in [0.2, 0.25) is 0 Å². The zero-order valence-electron chi connectivity index (χ0n) is 13.6. The molecule has 2 N–H and O–H groups in total. The van der Waals surface area contributed by atoms with Crippen molar-refractivity contribution in [2.24, 2.45) is 0 Å². The molecule has 0 saturated carbocycles. The van der Waals surface area contributed by atoms with E-state index in [1.807, 2.05) is 0 Å². The summed E-state index contributed by atoms with van der Waals surface area (Å²) in [6.07, 6.45) is 0.0245. The average Bonchev–Trinajstić information content (AvgIpc) is 2.49. The van der Waals surface area contributed by atoms with Crippen molar-refractivity contribution in [3.05, 3.63) is 11.3 Å². The summed E-state index contributed by atoms with van der Waals surface area (Å²) >= 11 is 1.18. The van der Waals surface area contributed by atoms with Gasteiger partial charge in [-0.3, -0.25) is 9.69 Å². The number of aliphatic hydroxyl groups is 1. The first kappa shape index (κ1) is 22.3. The maximum atomic E-state index is 12.1. The van der Waals surface area contributed by atoms with Crippen LogP contribution in [0.2, 0.25) is 0 Å². The van der Waals surface area contributed by atoms with Gasteiger partial charge in [-0.05, 0) is 5.57 Å². The predicted octanol–water partition coefficient (Wildman–Crippen LogP) is -5.96. The number of carbonyl (C=O) groups is 3. The molecule has 2 aliphatic rings. The summed E-state index contributed by atoms with van der Waals surface area (Å²) < 4.78 is 26.6. The molecule has 0 spiro atoms. The van der Waals surface area contributed by atoms with Gasteiger partial charge in [-0.1, -0.05) is 0 Å². The standard InChI is InChI=1S/C12H16N2O8S2.Na/c1-24(20,21)3-2-22-12(19)13-7-9(16)14-8(11(17)18)6(4-15)5-23-10(7)14;/h7,10,15H,2-5H2,1H3,(H,13,19)(H,17,18);/q;+1/p-1/t7-,10+;/m1./s1. The summed E-state index contributed by atoms with van der Waals surface area (Å²) in [6.45, 7) is -0.871. The van der Waals surface area contributed by atoms with Crippen molar-refractivity contribution in [3.63, 3.8) is 0 Å². The van der Waals surface area contributed by atoms with Gasteiger partial charge in [0.25, 0.3) is 5.91 Å². The number of nitrogens with zero attached hydrogens (tertiary/aromatic N) is 1. The first-order valence-electron chi connectivity index (χ1n) is 6.75.